The van der Waals surface area contributed by atoms with Gasteiger partial charge in [0.25, 0.3) is 0 Å². The number of aromatic nitrogens is 3. The monoisotopic (exact) mass is 458 g/mol. The molecule has 0 atom stereocenters. The van der Waals surface area contributed by atoms with Gasteiger partial charge in [0.05, 0.1) is 22.3 Å². The molecule has 3 heterocycles. The second-order valence-electron chi connectivity index (χ2n) is 6.39. The van der Waals surface area contributed by atoms with Crippen LogP contribution in [-0.4, -0.2) is 69.6 Å². The third-order valence-corrected chi connectivity index (χ3v) is 5.90. The Labute approximate surface area is 180 Å². The fraction of sp³-hybridized carbons (Fsp3) is 0.412. The van der Waals surface area contributed by atoms with E-state index in [4.69, 9.17) is 37.4 Å². The summed E-state index contributed by atoms with van der Waals surface area (Å²) >= 11 is 13.5. The summed E-state index contributed by atoms with van der Waals surface area (Å²) in [6.07, 6.45) is 0. The van der Waals surface area contributed by atoms with E-state index in [1.165, 1.54) is 11.8 Å². The van der Waals surface area contributed by atoms with Gasteiger partial charge in [-0.2, -0.15) is 0 Å². The van der Waals surface area contributed by atoms with E-state index in [1.807, 2.05) is 17.9 Å². The third kappa shape index (κ3) is 4.36. The molecule has 0 unspecified atom stereocenters. The van der Waals surface area contributed by atoms with Crippen LogP contribution < -0.4 is 0 Å². The van der Waals surface area contributed by atoms with E-state index in [1.54, 1.807) is 16.8 Å². The van der Waals surface area contributed by atoms with E-state index in [-0.39, 0.29) is 13.2 Å². The zero-order valence-electron chi connectivity index (χ0n) is 15.3. The molecule has 0 aliphatic carbocycles. The predicted molar refractivity (Wildman–Crippen MR) is 104 cm³/mol. The Balaban J connectivity index is 1.35. The predicted octanol–water partition coefficient (Wildman–Crippen LogP) is 2.06. The number of halogens is 2. The molecule has 29 heavy (non-hydrogen) atoms. The number of thioether (sulfide) groups is 1. The minimum atomic E-state index is -1.62. The summed E-state index contributed by atoms with van der Waals surface area (Å²) in [5.74, 6) is -2.28. The second kappa shape index (κ2) is 8.11. The molecule has 0 radical (unpaired) electrons. The molecule has 154 valence electrons. The van der Waals surface area contributed by atoms with E-state index < -0.39 is 17.9 Å². The first kappa shape index (κ1) is 20.4. The van der Waals surface area contributed by atoms with Crippen LogP contribution in [0.15, 0.2) is 23.4 Å². The molecule has 1 aromatic carbocycles. The number of benzene rings is 1. The van der Waals surface area contributed by atoms with Gasteiger partial charge in [-0.15, -0.1) is 5.10 Å². The molecular formula is C17H16Cl2N4O5S. The number of hydrogen-bond acceptors (Lipinski definition) is 9. The normalized spacial score (nSPS) is 18.9. The topological polar surface area (TPSA) is 95.8 Å². The Morgan fingerprint density at radius 2 is 1.97 bits per heavy atom. The number of hydrogen-bond donors (Lipinski definition) is 0. The maximum atomic E-state index is 11.3. The summed E-state index contributed by atoms with van der Waals surface area (Å²) in [7, 11) is 0. The standard InChI is InChI=1S/C17H16Cl2N4O5S/c1-10-20-16(21-23(10)11-2-3-12(18)13(19)8-11)29-7-5-22-4-6-26-17(9-22)27-14(24)15(25)28-17/h2-3,8H,4-7,9H2,1H3. The SMILES string of the molecule is Cc1nc(SCCN2CCOC3(C2)OC(=O)C(=O)O3)nn1-c1ccc(Cl)c(Cl)c1. The highest BCUT2D eigenvalue weighted by atomic mass is 35.5. The highest BCUT2D eigenvalue weighted by Crippen LogP contribution is 2.28. The first-order valence-corrected chi connectivity index (χ1v) is 10.4. The molecule has 4 rings (SSSR count). The number of carbonyl (C=O) groups excluding carboxylic acids is 2. The second-order valence-corrected chi connectivity index (χ2v) is 8.26. The molecule has 2 aliphatic heterocycles. The van der Waals surface area contributed by atoms with Crippen LogP contribution in [-0.2, 0) is 23.8 Å². The van der Waals surface area contributed by atoms with Crippen LogP contribution in [0.4, 0.5) is 0 Å². The van der Waals surface area contributed by atoms with Crippen LogP contribution in [0.1, 0.15) is 5.82 Å². The summed E-state index contributed by atoms with van der Waals surface area (Å²) < 4.78 is 17.0. The number of rotatable bonds is 5. The minimum Gasteiger partial charge on any atom is -0.388 e. The zero-order valence-corrected chi connectivity index (χ0v) is 17.6. The number of morpholine rings is 1. The first-order chi connectivity index (χ1) is 13.8. The lowest BCUT2D eigenvalue weighted by Crippen LogP contribution is -2.53. The lowest BCUT2D eigenvalue weighted by molar-refractivity contribution is -0.338. The average Bonchev–Trinajstić information content (AvgIpc) is 3.16. The largest absolute Gasteiger partial charge is 0.422 e. The fourth-order valence-corrected chi connectivity index (χ4v) is 4.14. The molecule has 12 heteroatoms. The Morgan fingerprint density at radius 1 is 1.21 bits per heavy atom. The van der Waals surface area contributed by atoms with Gasteiger partial charge in [0.1, 0.15) is 12.4 Å². The molecule has 9 nitrogen and oxygen atoms in total. The van der Waals surface area contributed by atoms with Gasteiger partial charge in [0.2, 0.25) is 5.16 Å². The van der Waals surface area contributed by atoms with Crippen molar-refractivity contribution in [2.45, 2.75) is 18.1 Å². The number of aryl methyl sites for hydroxylation is 1. The molecule has 2 fully saturated rings. The Kier molecular flexibility index (Phi) is 5.71. The molecule has 0 N–H and O–H groups in total. The van der Waals surface area contributed by atoms with Crippen LogP contribution in [0.25, 0.3) is 5.69 Å². The van der Waals surface area contributed by atoms with Crippen molar-refractivity contribution in [2.75, 3.05) is 32.0 Å². The summed E-state index contributed by atoms with van der Waals surface area (Å²) in [6, 6.07) is 5.27. The number of nitrogens with zero attached hydrogens (tertiary/aromatic N) is 4. The van der Waals surface area contributed by atoms with Gasteiger partial charge < -0.3 is 14.2 Å². The van der Waals surface area contributed by atoms with Gasteiger partial charge in [-0.3, -0.25) is 4.90 Å². The van der Waals surface area contributed by atoms with Crippen molar-refractivity contribution in [1.82, 2.24) is 19.7 Å². The van der Waals surface area contributed by atoms with E-state index in [9.17, 15) is 9.59 Å². The van der Waals surface area contributed by atoms with Crippen molar-refractivity contribution in [3.63, 3.8) is 0 Å². The van der Waals surface area contributed by atoms with Gasteiger partial charge in [-0.25, -0.2) is 19.3 Å². The quantitative estimate of drug-likeness (QED) is 0.378. The van der Waals surface area contributed by atoms with E-state index in [2.05, 4.69) is 10.1 Å². The van der Waals surface area contributed by atoms with Gasteiger partial charge >= 0.3 is 17.9 Å². The van der Waals surface area contributed by atoms with Crippen molar-refractivity contribution in [1.29, 1.82) is 0 Å². The van der Waals surface area contributed by atoms with Crippen LogP contribution in [0.5, 0.6) is 0 Å². The van der Waals surface area contributed by atoms with Gasteiger partial charge in [0.15, 0.2) is 0 Å². The summed E-state index contributed by atoms with van der Waals surface area (Å²) in [4.78, 5) is 29.1. The molecule has 2 saturated heterocycles. The lowest BCUT2D eigenvalue weighted by Gasteiger charge is -2.36. The lowest BCUT2D eigenvalue weighted by atomic mass is 10.3. The fourth-order valence-electron chi connectivity index (χ4n) is 2.98. The summed E-state index contributed by atoms with van der Waals surface area (Å²) in [6.45, 7) is 3.57. The maximum absolute atomic E-state index is 11.3. The summed E-state index contributed by atoms with van der Waals surface area (Å²) in [5.41, 5.74) is 0.774. The number of ether oxygens (including phenoxy) is 3. The van der Waals surface area contributed by atoms with Crippen molar-refractivity contribution in [3.05, 3.63) is 34.1 Å². The first-order valence-electron chi connectivity index (χ1n) is 8.70. The molecule has 0 amide bonds. The molecule has 2 aliphatic rings. The number of esters is 2. The van der Waals surface area contributed by atoms with E-state index >= 15 is 0 Å². The van der Waals surface area contributed by atoms with Crippen LogP contribution >= 0.6 is 35.0 Å². The molecule has 1 spiro atoms. The average molecular weight is 459 g/mol. The minimum absolute atomic E-state index is 0.162. The highest BCUT2D eigenvalue weighted by Gasteiger charge is 2.52. The highest BCUT2D eigenvalue weighted by molar-refractivity contribution is 7.99. The molecule has 0 saturated carbocycles. The van der Waals surface area contributed by atoms with Crippen molar-refractivity contribution >= 4 is 46.9 Å². The molecule has 0 bridgehead atoms. The van der Waals surface area contributed by atoms with Crippen LogP contribution in [0, 0.1) is 6.92 Å². The Morgan fingerprint density at radius 3 is 2.69 bits per heavy atom. The van der Waals surface area contributed by atoms with Gasteiger partial charge in [-0.05, 0) is 25.1 Å². The molecular weight excluding hydrogens is 443 g/mol. The van der Waals surface area contributed by atoms with Crippen molar-refractivity contribution in [2.24, 2.45) is 0 Å². The van der Waals surface area contributed by atoms with E-state index in [0.29, 0.717) is 34.0 Å². The zero-order chi connectivity index (χ0) is 20.6. The smallest absolute Gasteiger partial charge is 0.388 e. The van der Waals surface area contributed by atoms with Crippen molar-refractivity contribution in [3.8, 4) is 5.69 Å². The third-order valence-electron chi connectivity index (χ3n) is 4.35. The Hall–Kier alpha value is -1.85. The molecule has 1 aromatic heterocycles. The van der Waals surface area contributed by atoms with Gasteiger partial charge in [-0.1, -0.05) is 35.0 Å². The molecule has 2 aromatic rings. The van der Waals surface area contributed by atoms with E-state index in [0.717, 1.165) is 11.5 Å². The van der Waals surface area contributed by atoms with Crippen LogP contribution in [0.3, 0.4) is 0 Å². The van der Waals surface area contributed by atoms with Gasteiger partial charge in [0, 0.05) is 18.8 Å². The number of carbonyl (C=O) groups is 2. The van der Waals surface area contributed by atoms with Crippen molar-refractivity contribution < 1.29 is 23.8 Å². The Bertz CT molecular complexity index is 953. The maximum Gasteiger partial charge on any atom is 0.422 e. The van der Waals surface area contributed by atoms with Crippen LogP contribution in [0.2, 0.25) is 10.0 Å². The summed E-state index contributed by atoms with van der Waals surface area (Å²) in [5, 5.41) is 6.05.